The zero-order valence-electron chi connectivity index (χ0n) is 13.8. The molecule has 2 atom stereocenters. The quantitative estimate of drug-likeness (QED) is 0.420. The Hall–Kier alpha value is -1.32. The minimum Gasteiger partial charge on any atom is -0.395 e. The van der Waals surface area contributed by atoms with Gasteiger partial charge in [0.15, 0.2) is 5.50 Å². The largest absolute Gasteiger partial charge is 0.395 e. The number of halogens is 1. The summed E-state index contributed by atoms with van der Waals surface area (Å²) in [5.41, 5.74) is 1.41. The molecule has 1 aliphatic rings. The van der Waals surface area contributed by atoms with Crippen molar-refractivity contribution >= 4 is 34.7 Å². The van der Waals surface area contributed by atoms with Crippen LogP contribution >= 0.6 is 23.4 Å². The van der Waals surface area contributed by atoms with Crippen LogP contribution in [0.3, 0.4) is 0 Å². The summed E-state index contributed by atoms with van der Waals surface area (Å²) in [6, 6.07) is 7.45. The summed E-state index contributed by atoms with van der Waals surface area (Å²) < 4.78 is 0. The summed E-state index contributed by atoms with van der Waals surface area (Å²) >= 11 is 7.15. The Morgan fingerprint density at radius 2 is 1.88 bits per heavy atom. The summed E-state index contributed by atoms with van der Waals surface area (Å²) in [7, 11) is 0. The molecule has 1 aliphatic heterocycles. The number of azo groups is 1. The Morgan fingerprint density at radius 3 is 2.48 bits per heavy atom. The van der Waals surface area contributed by atoms with Crippen LogP contribution in [0.1, 0.15) is 0 Å². The first-order valence-electron chi connectivity index (χ1n) is 7.97. The molecule has 0 fully saturated rings. The number of alkyl halides is 1. The number of β-amino-alcohol motifs (C(OH)–C–C–N with tert-alkyl or cyclic N) is 1. The van der Waals surface area contributed by atoms with E-state index in [0.717, 1.165) is 5.69 Å². The van der Waals surface area contributed by atoms with E-state index in [-0.39, 0.29) is 24.6 Å². The van der Waals surface area contributed by atoms with Crippen molar-refractivity contribution < 1.29 is 15.3 Å². The predicted molar refractivity (Wildman–Crippen MR) is 101 cm³/mol. The van der Waals surface area contributed by atoms with Gasteiger partial charge in [-0.2, -0.15) is 10.2 Å². The highest BCUT2D eigenvalue weighted by molar-refractivity contribution is 8.02. The van der Waals surface area contributed by atoms with Crippen LogP contribution < -0.4 is 4.90 Å². The van der Waals surface area contributed by atoms with Crippen LogP contribution in [-0.4, -0.2) is 70.5 Å². The number of benzene rings is 1. The van der Waals surface area contributed by atoms with Crippen LogP contribution in [-0.2, 0) is 0 Å². The lowest BCUT2D eigenvalue weighted by atomic mass is 10.2. The Bertz CT molecular complexity index is 567. The SMILES string of the molecule is OCCN(CCO)c1ccc(N=NC2SC=CN2CC(O)CCl)cc1. The molecule has 9 heteroatoms. The van der Waals surface area contributed by atoms with Gasteiger partial charge in [-0.1, -0.05) is 11.8 Å². The van der Waals surface area contributed by atoms with Gasteiger partial charge in [0.05, 0.1) is 30.9 Å². The molecule has 7 nitrogen and oxygen atoms in total. The van der Waals surface area contributed by atoms with E-state index in [1.807, 2.05) is 45.7 Å². The average molecular weight is 387 g/mol. The maximum atomic E-state index is 9.66. The van der Waals surface area contributed by atoms with Gasteiger partial charge in [-0.15, -0.1) is 11.6 Å². The second-order valence-corrected chi connectivity index (χ2v) is 6.69. The minimum atomic E-state index is -0.606. The fourth-order valence-corrected chi connectivity index (χ4v) is 3.21. The van der Waals surface area contributed by atoms with Crippen LogP contribution in [0.15, 0.2) is 46.1 Å². The molecule has 0 bridgehead atoms. The van der Waals surface area contributed by atoms with E-state index in [2.05, 4.69) is 10.2 Å². The monoisotopic (exact) mass is 386 g/mol. The van der Waals surface area contributed by atoms with Crippen molar-refractivity contribution in [2.45, 2.75) is 11.6 Å². The normalized spacial score (nSPS) is 18.2. The molecule has 1 aromatic carbocycles. The summed E-state index contributed by atoms with van der Waals surface area (Å²) in [6.45, 7) is 1.38. The lowest BCUT2D eigenvalue weighted by Gasteiger charge is -2.23. The number of anilines is 1. The van der Waals surface area contributed by atoms with Gasteiger partial charge in [0.2, 0.25) is 0 Å². The first kappa shape index (κ1) is 20.0. The zero-order valence-corrected chi connectivity index (χ0v) is 15.4. The molecule has 1 aromatic rings. The van der Waals surface area contributed by atoms with E-state index in [4.69, 9.17) is 21.8 Å². The number of hydrogen-bond donors (Lipinski definition) is 3. The van der Waals surface area contributed by atoms with Crippen LogP contribution in [0.4, 0.5) is 11.4 Å². The molecule has 0 amide bonds. The first-order valence-corrected chi connectivity index (χ1v) is 9.45. The Labute approximate surface area is 156 Å². The lowest BCUT2D eigenvalue weighted by Crippen LogP contribution is -2.32. The van der Waals surface area contributed by atoms with Crippen LogP contribution in [0, 0.1) is 0 Å². The van der Waals surface area contributed by atoms with Gasteiger partial charge >= 0.3 is 0 Å². The van der Waals surface area contributed by atoms with Gasteiger partial charge in [0.1, 0.15) is 0 Å². The maximum Gasteiger partial charge on any atom is 0.193 e. The molecule has 138 valence electrons. The molecule has 2 rings (SSSR count). The molecule has 2 unspecified atom stereocenters. The average Bonchev–Trinajstić information content (AvgIpc) is 3.07. The Morgan fingerprint density at radius 1 is 1.20 bits per heavy atom. The number of aliphatic hydroxyl groups is 3. The standard InChI is InChI=1S/C16H23ClN4O3S/c17-11-15(24)12-21-7-10-25-16(21)19-18-13-1-3-14(4-2-13)20(5-8-22)6-9-23/h1-4,7,10,15-16,22-24H,5-6,8-9,11-12H2. The maximum absolute atomic E-state index is 9.66. The van der Waals surface area contributed by atoms with Crippen molar-refractivity contribution in [3.63, 3.8) is 0 Å². The van der Waals surface area contributed by atoms with E-state index < -0.39 is 6.10 Å². The van der Waals surface area contributed by atoms with E-state index in [1.165, 1.54) is 11.8 Å². The first-order chi connectivity index (χ1) is 12.2. The van der Waals surface area contributed by atoms with E-state index in [0.29, 0.717) is 25.3 Å². The van der Waals surface area contributed by atoms with Gasteiger partial charge in [0.25, 0.3) is 0 Å². The van der Waals surface area contributed by atoms with Crippen LogP contribution in [0.25, 0.3) is 0 Å². The van der Waals surface area contributed by atoms with E-state index >= 15 is 0 Å². The third kappa shape index (κ3) is 6.16. The second kappa shape index (κ2) is 10.6. The number of nitrogens with zero attached hydrogens (tertiary/aromatic N) is 4. The predicted octanol–water partition coefficient (Wildman–Crippen LogP) is 1.96. The molecule has 1 heterocycles. The van der Waals surface area contributed by atoms with Gasteiger partial charge in [-0.25, -0.2) is 0 Å². The highest BCUT2D eigenvalue weighted by Crippen LogP contribution is 2.28. The molecular formula is C16H23ClN4O3S. The minimum absolute atomic E-state index is 0.0251. The fourth-order valence-electron chi connectivity index (χ4n) is 2.33. The summed E-state index contributed by atoms with van der Waals surface area (Å²) in [6.07, 6.45) is 1.26. The Kier molecular flexibility index (Phi) is 8.50. The topological polar surface area (TPSA) is 91.9 Å². The third-order valence-electron chi connectivity index (χ3n) is 3.56. The van der Waals surface area contributed by atoms with Crippen molar-refractivity contribution in [1.29, 1.82) is 0 Å². The summed E-state index contributed by atoms with van der Waals surface area (Å²) in [5, 5.41) is 38.3. The van der Waals surface area contributed by atoms with E-state index in [1.54, 1.807) is 0 Å². The molecule has 3 N–H and O–H groups in total. The molecule has 0 radical (unpaired) electrons. The second-order valence-electron chi connectivity index (χ2n) is 5.42. The molecule has 0 aromatic heterocycles. The van der Waals surface area contributed by atoms with Crippen molar-refractivity contribution in [3.05, 3.63) is 35.9 Å². The molecule has 25 heavy (non-hydrogen) atoms. The number of hydrogen-bond acceptors (Lipinski definition) is 8. The third-order valence-corrected chi connectivity index (χ3v) is 4.81. The van der Waals surface area contributed by atoms with Gasteiger partial charge in [-0.05, 0) is 29.7 Å². The molecule has 0 saturated heterocycles. The highest BCUT2D eigenvalue weighted by Gasteiger charge is 2.21. The van der Waals surface area contributed by atoms with Crippen molar-refractivity contribution in [3.8, 4) is 0 Å². The molecule has 0 aliphatic carbocycles. The summed E-state index contributed by atoms with van der Waals surface area (Å²) in [5.74, 6) is 0.179. The van der Waals surface area contributed by atoms with Gasteiger partial charge < -0.3 is 25.1 Å². The fraction of sp³-hybridized carbons (Fsp3) is 0.500. The van der Waals surface area contributed by atoms with Crippen molar-refractivity contribution in [2.24, 2.45) is 10.2 Å². The number of rotatable bonds is 10. The van der Waals surface area contributed by atoms with Crippen molar-refractivity contribution in [2.75, 3.05) is 43.6 Å². The number of aliphatic hydroxyl groups excluding tert-OH is 3. The molecule has 0 saturated carbocycles. The lowest BCUT2D eigenvalue weighted by molar-refractivity contribution is 0.151. The Balaban J connectivity index is 1.97. The van der Waals surface area contributed by atoms with Crippen LogP contribution in [0.2, 0.25) is 0 Å². The molecule has 0 spiro atoms. The van der Waals surface area contributed by atoms with E-state index in [9.17, 15) is 5.11 Å². The molecular weight excluding hydrogens is 364 g/mol. The smallest absolute Gasteiger partial charge is 0.193 e. The summed E-state index contributed by atoms with van der Waals surface area (Å²) in [4.78, 5) is 3.78. The van der Waals surface area contributed by atoms with Gasteiger partial charge in [0, 0.05) is 31.5 Å². The van der Waals surface area contributed by atoms with Crippen molar-refractivity contribution in [1.82, 2.24) is 4.90 Å². The van der Waals surface area contributed by atoms with Crippen LogP contribution in [0.5, 0.6) is 0 Å². The zero-order chi connectivity index (χ0) is 18.1. The van der Waals surface area contributed by atoms with Gasteiger partial charge in [-0.3, -0.25) is 0 Å². The highest BCUT2D eigenvalue weighted by atomic mass is 35.5. The number of thioether (sulfide) groups is 1.